The number of anilines is 1. The molecule has 0 radical (unpaired) electrons. The molecule has 1 aliphatic heterocycles. The molecule has 0 aliphatic carbocycles. The van der Waals surface area contributed by atoms with E-state index in [1.807, 2.05) is 0 Å². The Balaban J connectivity index is 2.12. The maximum Gasteiger partial charge on any atom is 0.323 e. The molecule has 0 aromatic carbocycles. The van der Waals surface area contributed by atoms with Gasteiger partial charge in [0.2, 0.25) is 0 Å². The lowest BCUT2D eigenvalue weighted by Gasteiger charge is -2.17. The number of hydrogen-bond acceptors (Lipinski definition) is 5. The van der Waals surface area contributed by atoms with E-state index in [0.29, 0.717) is 5.82 Å². The molecule has 1 saturated heterocycles. The fraction of sp³-hybridized carbons (Fsp3) is 0.545. The number of rotatable bonds is 4. The summed E-state index contributed by atoms with van der Waals surface area (Å²) < 4.78 is 5.53. The summed E-state index contributed by atoms with van der Waals surface area (Å²) in [7, 11) is 1.69. The molecule has 1 fully saturated rings. The van der Waals surface area contributed by atoms with Gasteiger partial charge in [0.15, 0.2) is 0 Å². The summed E-state index contributed by atoms with van der Waals surface area (Å²) in [5.41, 5.74) is 0.824. The molecule has 1 unspecified atom stereocenters. The summed E-state index contributed by atoms with van der Waals surface area (Å²) in [6, 6.07) is 1.79. The van der Waals surface area contributed by atoms with Gasteiger partial charge in [0.25, 0.3) is 0 Å². The Morgan fingerprint density at radius 3 is 3.12 bits per heavy atom. The van der Waals surface area contributed by atoms with Gasteiger partial charge in [-0.25, -0.2) is 9.97 Å². The van der Waals surface area contributed by atoms with Crippen molar-refractivity contribution in [3.8, 4) is 0 Å². The largest absolute Gasteiger partial charge is 0.480 e. The van der Waals surface area contributed by atoms with E-state index in [-0.39, 0.29) is 12.6 Å². The minimum Gasteiger partial charge on any atom is -0.480 e. The number of carboxylic acids is 1. The van der Waals surface area contributed by atoms with Crippen LogP contribution in [-0.4, -0.2) is 41.2 Å². The number of carbonyl (C=O) groups is 1. The summed E-state index contributed by atoms with van der Waals surface area (Å²) in [6.07, 6.45) is 3.47. The van der Waals surface area contributed by atoms with E-state index in [4.69, 9.17) is 9.84 Å². The minimum absolute atomic E-state index is 0.0231. The van der Waals surface area contributed by atoms with Crippen LogP contribution in [0.15, 0.2) is 12.4 Å². The van der Waals surface area contributed by atoms with E-state index >= 15 is 0 Å². The summed E-state index contributed by atoms with van der Waals surface area (Å²) in [4.78, 5) is 20.4. The van der Waals surface area contributed by atoms with Crippen molar-refractivity contribution < 1.29 is 14.6 Å². The van der Waals surface area contributed by atoms with E-state index in [9.17, 15) is 4.79 Å². The van der Waals surface area contributed by atoms with Crippen LogP contribution in [0.5, 0.6) is 0 Å². The number of aliphatic carboxylic acids is 1. The number of aromatic nitrogens is 2. The van der Waals surface area contributed by atoms with Crippen LogP contribution in [0.1, 0.15) is 24.6 Å². The van der Waals surface area contributed by atoms with Crippen LogP contribution in [0, 0.1) is 0 Å². The third kappa shape index (κ3) is 2.91. The maximum atomic E-state index is 10.6. The maximum absolute atomic E-state index is 10.6. The Bertz CT molecular complexity index is 405. The molecule has 17 heavy (non-hydrogen) atoms. The fourth-order valence-electron chi connectivity index (χ4n) is 1.84. The lowest BCUT2D eigenvalue weighted by molar-refractivity contribution is -0.135. The molecular weight excluding hydrogens is 222 g/mol. The molecule has 6 nitrogen and oxygen atoms in total. The number of nitrogens with zero attached hydrogens (tertiary/aromatic N) is 3. The molecule has 0 amide bonds. The highest BCUT2D eigenvalue weighted by Gasteiger charge is 2.20. The molecule has 2 rings (SSSR count). The second-order valence-corrected chi connectivity index (χ2v) is 4.05. The molecule has 2 heterocycles. The SMILES string of the molecule is CN(CC(=O)O)c1cc(C2CCCO2)ncn1. The normalized spacial score (nSPS) is 19.2. The number of hydrogen-bond donors (Lipinski definition) is 1. The van der Waals surface area contributed by atoms with Gasteiger partial charge in [-0.2, -0.15) is 0 Å². The second kappa shape index (κ2) is 5.09. The van der Waals surface area contributed by atoms with E-state index < -0.39 is 5.97 Å². The zero-order chi connectivity index (χ0) is 12.3. The van der Waals surface area contributed by atoms with E-state index in [1.54, 1.807) is 18.0 Å². The van der Waals surface area contributed by atoms with Crippen molar-refractivity contribution in [2.45, 2.75) is 18.9 Å². The van der Waals surface area contributed by atoms with Crippen molar-refractivity contribution in [2.75, 3.05) is 25.1 Å². The van der Waals surface area contributed by atoms with E-state index in [2.05, 4.69) is 9.97 Å². The highest BCUT2D eigenvalue weighted by molar-refractivity contribution is 5.72. The van der Waals surface area contributed by atoms with Gasteiger partial charge in [-0.3, -0.25) is 4.79 Å². The third-order valence-corrected chi connectivity index (χ3v) is 2.70. The molecule has 0 spiro atoms. The zero-order valence-corrected chi connectivity index (χ0v) is 9.67. The Morgan fingerprint density at radius 2 is 2.47 bits per heavy atom. The van der Waals surface area contributed by atoms with Crippen LogP contribution < -0.4 is 4.90 Å². The highest BCUT2D eigenvalue weighted by Crippen LogP contribution is 2.27. The van der Waals surface area contributed by atoms with Gasteiger partial charge in [0.1, 0.15) is 18.7 Å². The first-order valence-corrected chi connectivity index (χ1v) is 5.53. The summed E-state index contributed by atoms with van der Waals surface area (Å²) in [6.45, 7) is 0.678. The predicted molar refractivity (Wildman–Crippen MR) is 60.9 cm³/mol. The Morgan fingerprint density at radius 1 is 1.65 bits per heavy atom. The van der Waals surface area contributed by atoms with Crippen LogP contribution in [0.4, 0.5) is 5.82 Å². The lowest BCUT2D eigenvalue weighted by Crippen LogP contribution is -2.26. The van der Waals surface area contributed by atoms with E-state index in [1.165, 1.54) is 6.33 Å². The first-order valence-electron chi connectivity index (χ1n) is 5.53. The zero-order valence-electron chi connectivity index (χ0n) is 9.67. The molecule has 1 aromatic heterocycles. The fourth-order valence-corrected chi connectivity index (χ4v) is 1.84. The number of likely N-dealkylation sites (N-methyl/N-ethyl adjacent to an activating group) is 1. The van der Waals surface area contributed by atoms with Crippen molar-refractivity contribution in [3.05, 3.63) is 18.1 Å². The van der Waals surface area contributed by atoms with Crippen molar-refractivity contribution in [2.24, 2.45) is 0 Å². The topological polar surface area (TPSA) is 75.6 Å². The molecule has 6 heteroatoms. The first-order chi connectivity index (χ1) is 8.16. The number of carboxylic acid groups (broad SMARTS) is 1. The van der Waals surface area contributed by atoms with Crippen LogP contribution in [0.3, 0.4) is 0 Å². The smallest absolute Gasteiger partial charge is 0.323 e. The Kier molecular flexibility index (Phi) is 3.53. The van der Waals surface area contributed by atoms with Gasteiger partial charge >= 0.3 is 5.97 Å². The lowest BCUT2D eigenvalue weighted by atomic mass is 10.2. The molecule has 0 saturated carbocycles. The van der Waals surface area contributed by atoms with E-state index in [0.717, 1.165) is 25.1 Å². The molecule has 92 valence electrons. The molecule has 1 aromatic rings. The molecule has 0 bridgehead atoms. The monoisotopic (exact) mass is 237 g/mol. The summed E-state index contributed by atoms with van der Waals surface area (Å²) >= 11 is 0. The van der Waals surface area contributed by atoms with Crippen molar-refractivity contribution in [3.63, 3.8) is 0 Å². The molecule has 1 atom stereocenters. The standard InChI is InChI=1S/C11H15N3O3/c1-14(6-11(15)16)10-5-8(12-7-13-10)9-3-2-4-17-9/h5,7,9H,2-4,6H2,1H3,(H,15,16). The molecular formula is C11H15N3O3. The molecule has 1 N–H and O–H groups in total. The van der Waals surface area contributed by atoms with Crippen LogP contribution >= 0.6 is 0 Å². The molecule has 1 aliphatic rings. The van der Waals surface area contributed by atoms with Gasteiger partial charge in [0.05, 0.1) is 11.8 Å². The van der Waals surface area contributed by atoms with Gasteiger partial charge in [-0.15, -0.1) is 0 Å². The van der Waals surface area contributed by atoms with Gasteiger partial charge in [0, 0.05) is 19.7 Å². The van der Waals surface area contributed by atoms with Crippen molar-refractivity contribution in [1.82, 2.24) is 9.97 Å². The third-order valence-electron chi connectivity index (χ3n) is 2.70. The van der Waals surface area contributed by atoms with Crippen LogP contribution in [0.25, 0.3) is 0 Å². The van der Waals surface area contributed by atoms with Gasteiger partial charge in [-0.05, 0) is 12.8 Å². The predicted octanol–water partition coefficient (Wildman–Crippen LogP) is 0.849. The minimum atomic E-state index is -0.884. The number of ether oxygens (including phenoxy) is 1. The van der Waals surface area contributed by atoms with Gasteiger partial charge < -0.3 is 14.7 Å². The van der Waals surface area contributed by atoms with Gasteiger partial charge in [-0.1, -0.05) is 0 Å². The first kappa shape index (κ1) is 11.8. The highest BCUT2D eigenvalue weighted by atomic mass is 16.5. The average Bonchev–Trinajstić information content (AvgIpc) is 2.82. The summed E-state index contributed by atoms with van der Waals surface area (Å²) in [5, 5.41) is 8.72. The Labute approximate surface area is 99.2 Å². The summed E-state index contributed by atoms with van der Waals surface area (Å²) in [5.74, 6) is -0.280. The van der Waals surface area contributed by atoms with Crippen molar-refractivity contribution >= 4 is 11.8 Å². The van der Waals surface area contributed by atoms with Crippen LogP contribution in [-0.2, 0) is 9.53 Å². The Hall–Kier alpha value is -1.69. The average molecular weight is 237 g/mol. The second-order valence-electron chi connectivity index (χ2n) is 4.05. The quantitative estimate of drug-likeness (QED) is 0.836. The van der Waals surface area contributed by atoms with Crippen molar-refractivity contribution in [1.29, 1.82) is 0 Å². The van der Waals surface area contributed by atoms with Crippen LogP contribution in [0.2, 0.25) is 0 Å².